The van der Waals surface area contributed by atoms with Crippen LogP contribution in [0.3, 0.4) is 0 Å². The van der Waals surface area contributed by atoms with Crippen molar-refractivity contribution in [3.63, 3.8) is 0 Å². The molecule has 2 rings (SSSR count). The van der Waals surface area contributed by atoms with Crippen LogP contribution in [0.15, 0.2) is 28.7 Å². The molecular formula is C9H10BrNO. The highest BCUT2D eigenvalue weighted by Gasteiger charge is 2.16. The number of halogens is 1. The Morgan fingerprint density at radius 1 is 1.50 bits per heavy atom. The minimum atomic E-state index is 0.363. The molecule has 1 unspecified atom stereocenters. The Morgan fingerprint density at radius 2 is 2.42 bits per heavy atom. The summed E-state index contributed by atoms with van der Waals surface area (Å²) in [4.78, 5) is 5.09. The van der Waals surface area contributed by atoms with Gasteiger partial charge < -0.3 is 4.84 Å². The highest BCUT2D eigenvalue weighted by molar-refractivity contribution is 9.10. The monoisotopic (exact) mass is 227 g/mol. The Kier molecular flexibility index (Phi) is 2.44. The van der Waals surface area contributed by atoms with Crippen LogP contribution in [0.5, 0.6) is 0 Å². The molecule has 0 aromatic heterocycles. The smallest absolute Gasteiger partial charge is 0.0701 e. The molecule has 1 aliphatic rings. The van der Waals surface area contributed by atoms with Gasteiger partial charge in [0.15, 0.2) is 0 Å². The third kappa shape index (κ3) is 1.68. The summed E-state index contributed by atoms with van der Waals surface area (Å²) in [5, 5.41) is 0. The Morgan fingerprint density at radius 3 is 3.08 bits per heavy atom. The second-order valence-corrected chi connectivity index (χ2v) is 3.78. The molecule has 0 spiro atoms. The van der Waals surface area contributed by atoms with Gasteiger partial charge in [0.1, 0.15) is 0 Å². The van der Waals surface area contributed by atoms with E-state index in [4.69, 9.17) is 4.84 Å². The van der Waals surface area contributed by atoms with Gasteiger partial charge in [-0.2, -0.15) is 5.48 Å². The summed E-state index contributed by atoms with van der Waals surface area (Å²) < 4.78 is 1.12. The molecule has 1 fully saturated rings. The lowest BCUT2D eigenvalue weighted by atomic mass is 10.1. The first-order chi connectivity index (χ1) is 5.86. The normalized spacial score (nSPS) is 22.9. The zero-order valence-corrected chi connectivity index (χ0v) is 8.17. The fourth-order valence-electron chi connectivity index (χ4n) is 1.35. The van der Waals surface area contributed by atoms with Gasteiger partial charge in [-0.05, 0) is 24.1 Å². The molecule has 1 saturated heterocycles. The molecule has 2 nitrogen and oxygen atoms in total. The van der Waals surface area contributed by atoms with Crippen molar-refractivity contribution in [2.45, 2.75) is 12.5 Å². The summed E-state index contributed by atoms with van der Waals surface area (Å²) in [6.45, 7) is 0.803. The first kappa shape index (κ1) is 8.23. The summed E-state index contributed by atoms with van der Waals surface area (Å²) in [6, 6.07) is 8.66. The zero-order valence-electron chi connectivity index (χ0n) is 6.59. The van der Waals surface area contributed by atoms with Gasteiger partial charge >= 0.3 is 0 Å². The third-order valence-corrected chi connectivity index (χ3v) is 2.48. The SMILES string of the molecule is Brc1cccc(C2CCON2)c1. The maximum Gasteiger partial charge on any atom is 0.0701 e. The molecule has 3 heteroatoms. The second-order valence-electron chi connectivity index (χ2n) is 2.86. The van der Waals surface area contributed by atoms with E-state index in [9.17, 15) is 0 Å². The highest BCUT2D eigenvalue weighted by atomic mass is 79.9. The number of nitrogens with one attached hydrogen (secondary N) is 1. The predicted octanol–water partition coefficient (Wildman–Crippen LogP) is 2.42. The molecule has 0 saturated carbocycles. The van der Waals surface area contributed by atoms with Crippen LogP contribution in [0.2, 0.25) is 0 Å². The van der Waals surface area contributed by atoms with Crippen molar-refractivity contribution in [1.29, 1.82) is 0 Å². The fourth-order valence-corrected chi connectivity index (χ4v) is 1.77. The molecule has 1 aliphatic heterocycles. The molecule has 64 valence electrons. The number of hydrogen-bond acceptors (Lipinski definition) is 2. The van der Waals surface area contributed by atoms with Crippen molar-refractivity contribution < 1.29 is 4.84 Å². The van der Waals surface area contributed by atoms with Gasteiger partial charge in [-0.1, -0.05) is 28.1 Å². The third-order valence-electron chi connectivity index (χ3n) is 1.99. The van der Waals surface area contributed by atoms with Gasteiger partial charge in [0.25, 0.3) is 0 Å². The van der Waals surface area contributed by atoms with Crippen LogP contribution in [-0.2, 0) is 4.84 Å². The van der Waals surface area contributed by atoms with Crippen LogP contribution >= 0.6 is 15.9 Å². The maximum absolute atomic E-state index is 5.09. The number of hydroxylamine groups is 1. The van der Waals surface area contributed by atoms with E-state index in [0.717, 1.165) is 17.5 Å². The topological polar surface area (TPSA) is 21.3 Å². The van der Waals surface area contributed by atoms with E-state index < -0.39 is 0 Å². The van der Waals surface area contributed by atoms with Crippen molar-refractivity contribution >= 4 is 15.9 Å². The molecular weight excluding hydrogens is 218 g/mol. The summed E-state index contributed by atoms with van der Waals surface area (Å²) >= 11 is 3.44. The van der Waals surface area contributed by atoms with Crippen LogP contribution in [0.1, 0.15) is 18.0 Å². The van der Waals surface area contributed by atoms with Gasteiger partial charge in [0.05, 0.1) is 12.6 Å². The van der Waals surface area contributed by atoms with Crippen molar-refractivity contribution in [3.05, 3.63) is 34.3 Å². The predicted molar refractivity (Wildman–Crippen MR) is 50.6 cm³/mol. The molecule has 0 radical (unpaired) electrons. The molecule has 1 aromatic carbocycles. The summed E-state index contributed by atoms with van der Waals surface area (Å²) in [5.41, 5.74) is 4.26. The Hall–Kier alpha value is -0.380. The zero-order chi connectivity index (χ0) is 8.39. The molecule has 1 heterocycles. The highest BCUT2D eigenvalue weighted by Crippen LogP contribution is 2.23. The lowest BCUT2D eigenvalue weighted by Gasteiger charge is -2.08. The summed E-state index contributed by atoms with van der Waals surface area (Å²) in [6.07, 6.45) is 1.05. The summed E-state index contributed by atoms with van der Waals surface area (Å²) in [7, 11) is 0. The van der Waals surface area contributed by atoms with Crippen molar-refractivity contribution in [1.82, 2.24) is 5.48 Å². The average molecular weight is 228 g/mol. The van der Waals surface area contributed by atoms with Crippen LogP contribution in [0.4, 0.5) is 0 Å². The minimum absolute atomic E-state index is 0.363. The quantitative estimate of drug-likeness (QED) is 0.796. The lowest BCUT2D eigenvalue weighted by Crippen LogP contribution is -2.10. The molecule has 1 N–H and O–H groups in total. The van der Waals surface area contributed by atoms with Crippen LogP contribution in [0, 0.1) is 0 Å². The van der Waals surface area contributed by atoms with Gasteiger partial charge in [0, 0.05) is 4.47 Å². The maximum atomic E-state index is 5.09. The van der Waals surface area contributed by atoms with E-state index in [1.807, 2.05) is 12.1 Å². The Bertz CT molecular complexity index is 271. The largest absolute Gasteiger partial charge is 0.301 e. The van der Waals surface area contributed by atoms with Crippen LogP contribution in [-0.4, -0.2) is 6.61 Å². The fraction of sp³-hybridized carbons (Fsp3) is 0.333. The molecule has 1 atom stereocenters. The first-order valence-electron chi connectivity index (χ1n) is 3.99. The van der Waals surface area contributed by atoms with E-state index in [1.165, 1.54) is 5.56 Å². The molecule has 0 bridgehead atoms. The van der Waals surface area contributed by atoms with E-state index in [0.29, 0.717) is 6.04 Å². The van der Waals surface area contributed by atoms with Crippen molar-refractivity contribution in [2.75, 3.05) is 6.61 Å². The molecule has 0 amide bonds. The van der Waals surface area contributed by atoms with Gasteiger partial charge in [-0.3, -0.25) is 0 Å². The van der Waals surface area contributed by atoms with Gasteiger partial charge in [-0.15, -0.1) is 0 Å². The van der Waals surface area contributed by atoms with Crippen molar-refractivity contribution in [2.24, 2.45) is 0 Å². The molecule has 1 aromatic rings. The first-order valence-corrected chi connectivity index (χ1v) is 4.78. The molecule has 0 aliphatic carbocycles. The van der Waals surface area contributed by atoms with E-state index in [2.05, 4.69) is 33.5 Å². The van der Waals surface area contributed by atoms with Crippen LogP contribution in [0.25, 0.3) is 0 Å². The Balaban J connectivity index is 2.21. The van der Waals surface area contributed by atoms with E-state index >= 15 is 0 Å². The Labute approximate surface area is 80.0 Å². The van der Waals surface area contributed by atoms with E-state index in [1.54, 1.807) is 0 Å². The molecule has 12 heavy (non-hydrogen) atoms. The number of benzene rings is 1. The van der Waals surface area contributed by atoms with Crippen LogP contribution < -0.4 is 5.48 Å². The second kappa shape index (κ2) is 3.56. The summed E-state index contributed by atoms with van der Waals surface area (Å²) in [5.74, 6) is 0. The van der Waals surface area contributed by atoms with Crippen molar-refractivity contribution in [3.8, 4) is 0 Å². The number of hydrogen-bond donors (Lipinski definition) is 1. The average Bonchev–Trinajstić information content (AvgIpc) is 2.56. The lowest BCUT2D eigenvalue weighted by molar-refractivity contribution is 0.0883. The van der Waals surface area contributed by atoms with Gasteiger partial charge in [-0.25, -0.2) is 0 Å². The number of rotatable bonds is 1. The van der Waals surface area contributed by atoms with Gasteiger partial charge in [0.2, 0.25) is 0 Å². The standard InChI is InChI=1S/C9H10BrNO/c10-8-3-1-2-7(6-8)9-4-5-12-11-9/h1-3,6,9,11H,4-5H2. The van der Waals surface area contributed by atoms with E-state index in [-0.39, 0.29) is 0 Å². The minimum Gasteiger partial charge on any atom is -0.301 e.